The molecule has 0 aromatic heterocycles. The molecule has 172 valence electrons. The molecule has 29 heavy (non-hydrogen) atoms. The molecule has 5 nitrogen and oxygen atoms in total. The smallest absolute Gasteiger partial charge is 0.303 e. The largest absolute Gasteiger partial charge is 0.481 e. The number of carboxylic acids is 1. The van der Waals surface area contributed by atoms with Gasteiger partial charge in [-0.05, 0) is 25.7 Å². The highest BCUT2D eigenvalue weighted by atomic mass is 16.5. The van der Waals surface area contributed by atoms with Crippen molar-refractivity contribution in [3.8, 4) is 0 Å². The Bertz CT molecular complexity index is 401. The van der Waals surface area contributed by atoms with Gasteiger partial charge in [0.1, 0.15) is 0 Å². The Morgan fingerprint density at radius 1 is 0.759 bits per heavy atom. The van der Waals surface area contributed by atoms with Gasteiger partial charge < -0.3 is 20.1 Å². The fourth-order valence-electron chi connectivity index (χ4n) is 4.42. The molecule has 2 atom stereocenters. The monoisotopic (exact) mass is 414 g/mol. The van der Waals surface area contributed by atoms with Crippen LogP contribution in [0.15, 0.2) is 0 Å². The fraction of sp³-hybridized carbons (Fsp3) is 0.958. The second-order valence-electron chi connectivity index (χ2n) is 9.00. The van der Waals surface area contributed by atoms with Crippen LogP contribution in [-0.2, 0) is 9.53 Å². The average molecular weight is 415 g/mol. The van der Waals surface area contributed by atoms with Gasteiger partial charge in [-0.15, -0.1) is 0 Å². The minimum atomic E-state index is -0.671. The third-order valence-electron chi connectivity index (χ3n) is 6.35. The van der Waals surface area contributed by atoms with E-state index in [1.165, 1.54) is 77.0 Å². The van der Waals surface area contributed by atoms with Gasteiger partial charge >= 0.3 is 5.97 Å². The number of carbonyl (C=O) groups is 1. The van der Waals surface area contributed by atoms with Gasteiger partial charge in [-0.2, -0.15) is 0 Å². The number of carboxylic acid groups (broad SMARTS) is 1. The molecule has 5 heteroatoms. The molecule has 0 aromatic rings. The van der Waals surface area contributed by atoms with Crippen LogP contribution in [0.25, 0.3) is 0 Å². The van der Waals surface area contributed by atoms with Gasteiger partial charge in [0.25, 0.3) is 0 Å². The van der Waals surface area contributed by atoms with E-state index in [0.29, 0.717) is 6.42 Å². The Kier molecular flexibility index (Phi) is 15.5. The van der Waals surface area contributed by atoms with Gasteiger partial charge in [0.15, 0.2) is 0 Å². The normalized spacial score (nSPS) is 21.7. The molecule has 0 amide bonds. The van der Waals surface area contributed by atoms with Gasteiger partial charge in [0.05, 0.1) is 24.9 Å². The molecule has 0 saturated carbocycles. The number of aliphatic carboxylic acids is 1. The zero-order valence-electron chi connectivity index (χ0n) is 18.6. The molecule has 0 radical (unpaired) electrons. The van der Waals surface area contributed by atoms with E-state index in [1.807, 2.05) is 0 Å². The van der Waals surface area contributed by atoms with Crippen molar-refractivity contribution in [2.24, 2.45) is 0 Å². The molecule has 3 N–H and O–H groups in total. The summed E-state index contributed by atoms with van der Waals surface area (Å²) in [6, 6.07) is 0. The highest BCUT2D eigenvalue weighted by Gasteiger charge is 2.38. The molecule has 0 bridgehead atoms. The minimum Gasteiger partial charge on any atom is -0.481 e. The summed E-state index contributed by atoms with van der Waals surface area (Å²) < 4.78 is 5.86. The summed E-state index contributed by atoms with van der Waals surface area (Å²) in [5.74, 6) is -0.671. The maximum Gasteiger partial charge on any atom is 0.303 e. The van der Waals surface area contributed by atoms with Crippen molar-refractivity contribution in [3.63, 3.8) is 0 Å². The summed E-state index contributed by atoms with van der Waals surface area (Å²) in [6.07, 6.45) is 21.5. The Balaban J connectivity index is 1.79. The number of hydrogen-bond acceptors (Lipinski definition) is 4. The topological polar surface area (TPSA) is 87.0 Å². The first-order valence-electron chi connectivity index (χ1n) is 12.2. The van der Waals surface area contributed by atoms with Crippen LogP contribution in [0, 0.1) is 0 Å². The highest BCUT2D eigenvalue weighted by molar-refractivity contribution is 5.66. The van der Waals surface area contributed by atoms with E-state index in [2.05, 4.69) is 0 Å². The first-order valence-corrected chi connectivity index (χ1v) is 12.2. The molecule has 1 fully saturated rings. The van der Waals surface area contributed by atoms with E-state index in [9.17, 15) is 15.0 Å². The third-order valence-corrected chi connectivity index (χ3v) is 6.35. The quantitative estimate of drug-likeness (QED) is 0.226. The number of rotatable bonds is 20. The minimum absolute atomic E-state index is 0.0658. The predicted molar refractivity (Wildman–Crippen MR) is 117 cm³/mol. The molecule has 1 saturated heterocycles. The SMILES string of the molecule is O=C(O)CCCCCCCCCCCCCCCCCC1(CO)CCC(CO)O1. The first-order chi connectivity index (χ1) is 14.1. The summed E-state index contributed by atoms with van der Waals surface area (Å²) in [5, 5.41) is 27.4. The molecular formula is C24H46O5. The number of hydrogen-bond donors (Lipinski definition) is 3. The van der Waals surface area contributed by atoms with Crippen molar-refractivity contribution < 1.29 is 24.9 Å². The number of ether oxygens (including phenoxy) is 1. The zero-order valence-corrected chi connectivity index (χ0v) is 18.6. The molecule has 1 aliphatic heterocycles. The lowest BCUT2D eigenvalue weighted by molar-refractivity contribution is -0.137. The van der Waals surface area contributed by atoms with Gasteiger partial charge in [0, 0.05) is 6.42 Å². The molecule has 0 spiro atoms. The molecule has 2 unspecified atom stereocenters. The second kappa shape index (κ2) is 17.1. The predicted octanol–water partition coefficient (Wildman–Crippen LogP) is 5.61. The number of aliphatic hydroxyl groups is 2. The van der Waals surface area contributed by atoms with Crippen molar-refractivity contribution in [3.05, 3.63) is 0 Å². The molecule has 1 aliphatic rings. The number of unbranched alkanes of at least 4 members (excludes halogenated alkanes) is 14. The lowest BCUT2D eigenvalue weighted by Crippen LogP contribution is -2.34. The standard InChI is InChI=1S/C24H46O5/c25-20-22-17-19-24(21-26,29-22)18-15-13-11-9-7-5-3-1-2-4-6-8-10-12-14-16-23(27)28/h22,25-26H,1-21H2,(H,27,28). The van der Waals surface area contributed by atoms with Crippen LogP contribution in [0.1, 0.15) is 122 Å². The summed E-state index contributed by atoms with van der Waals surface area (Å²) in [5.41, 5.74) is -0.383. The molecule has 0 aliphatic carbocycles. The van der Waals surface area contributed by atoms with Crippen LogP contribution in [-0.4, -0.2) is 46.2 Å². The molecule has 1 rings (SSSR count). The number of aliphatic hydroxyl groups excluding tert-OH is 2. The van der Waals surface area contributed by atoms with Crippen LogP contribution >= 0.6 is 0 Å². The van der Waals surface area contributed by atoms with E-state index in [1.54, 1.807) is 0 Å². The van der Waals surface area contributed by atoms with E-state index in [-0.39, 0.29) is 24.9 Å². The van der Waals surface area contributed by atoms with Crippen LogP contribution < -0.4 is 0 Å². The Labute approximate surface area is 178 Å². The van der Waals surface area contributed by atoms with Gasteiger partial charge in [-0.3, -0.25) is 4.79 Å². The van der Waals surface area contributed by atoms with Crippen molar-refractivity contribution >= 4 is 5.97 Å². The lowest BCUT2D eigenvalue weighted by atomic mass is 9.93. The van der Waals surface area contributed by atoms with Crippen LogP contribution in [0.5, 0.6) is 0 Å². The Morgan fingerprint density at radius 3 is 1.59 bits per heavy atom. The molecular weight excluding hydrogens is 368 g/mol. The van der Waals surface area contributed by atoms with Gasteiger partial charge in [-0.25, -0.2) is 0 Å². The average Bonchev–Trinajstić information content (AvgIpc) is 3.14. The van der Waals surface area contributed by atoms with Crippen molar-refractivity contribution in [1.82, 2.24) is 0 Å². The van der Waals surface area contributed by atoms with E-state index >= 15 is 0 Å². The van der Waals surface area contributed by atoms with E-state index < -0.39 is 5.97 Å². The first kappa shape index (κ1) is 26.4. The van der Waals surface area contributed by atoms with Crippen molar-refractivity contribution in [2.45, 2.75) is 134 Å². The maximum atomic E-state index is 10.4. The Morgan fingerprint density at radius 2 is 1.21 bits per heavy atom. The summed E-state index contributed by atoms with van der Waals surface area (Å²) in [6.45, 7) is 0.143. The summed E-state index contributed by atoms with van der Waals surface area (Å²) in [7, 11) is 0. The van der Waals surface area contributed by atoms with Crippen LogP contribution in [0.4, 0.5) is 0 Å². The molecule has 1 heterocycles. The summed E-state index contributed by atoms with van der Waals surface area (Å²) >= 11 is 0. The van der Waals surface area contributed by atoms with Crippen LogP contribution in [0.3, 0.4) is 0 Å². The fourth-order valence-corrected chi connectivity index (χ4v) is 4.42. The van der Waals surface area contributed by atoms with E-state index in [0.717, 1.165) is 38.5 Å². The van der Waals surface area contributed by atoms with Crippen LogP contribution in [0.2, 0.25) is 0 Å². The van der Waals surface area contributed by atoms with E-state index in [4.69, 9.17) is 9.84 Å². The highest BCUT2D eigenvalue weighted by Crippen LogP contribution is 2.34. The lowest BCUT2D eigenvalue weighted by Gasteiger charge is -2.27. The molecule has 0 aromatic carbocycles. The third kappa shape index (κ3) is 13.3. The van der Waals surface area contributed by atoms with Crippen molar-refractivity contribution in [2.75, 3.05) is 13.2 Å². The summed E-state index contributed by atoms with van der Waals surface area (Å²) in [4.78, 5) is 10.4. The van der Waals surface area contributed by atoms with Gasteiger partial charge in [-0.1, -0.05) is 89.9 Å². The van der Waals surface area contributed by atoms with Crippen molar-refractivity contribution in [1.29, 1.82) is 0 Å². The maximum absolute atomic E-state index is 10.4. The zero-order chi connectivity index (χ0) is 21.2. The Hall–Kier alpha value is -0.650. The second-order valence-corrected chi connectivity index (χ2v) is 9.00. The van der Waals surface area contributed by atoms with Gasteiger partial charge in [0.2, 0.25) is 0 Å².